The average Bonchev–Trinajstić information content (AvgIpc) is 2.37. The van der Waals surface area contributed by atoms with E-state index in [0.717, 1.165) is 30.9 Å². The van der Waals surface area contributed by atoms with Gasteiger partial charge in [-0.25, -0.2) is 0 Å². The van der Waals surface area contributed by atoms with Gasteiger partial charge in [0.05, 0.1) is 36.3 Å². The number of pyridine rings is 1. The molecule has 0 atom stereocenters. The molecule has 0 spiro atoms. The molecule has 0 amide bonds. The fourth-order valence-electron chi connectivity index (χ4n) is 1.81. The van der Waals surface area contributed by atoms with E-state index in [1.165, 1.54) is 0 Å². The van der Waals surface area contributed by atoms with Crippen LogP contribution in [0.4, 0.5) is 11.4 Å². The minimum atomic E-state index is 0.363. The summed E-state index contributed by atoms with van der Waals surface area (Å²) in [4.78, 5) is 6.46. The molecular formula is C14H22N4. The molecule has 0 fully saturated rings. The van der Waals surface area contributed by atoms with Crippen LogP contribution in [0.15, 0.2) is 18.5 Å². The summed E-state index contributed by atoms with van der Waals surface area (Å²) in [6.07, 6.45) is 5.31. The van der Waals surface area contributed by atoms with Crippen LogP contribution in [0.3, 0.4) is 0 Å². The predicted molar refractivity (Wildman–Crippen MR) is 75.7 cm³/mol. The second kappa shape index (κ2) is 7.54. The molecule has 18 heavy (non-hydrogen) atoms. The van der Waals surface area contributed by atoms with Gasteiger partial charge in [-0.2, -0.15) is 5.26 Å². The molecule has 1 rings (SSSR count). The van der Waals surface area contributed by atoms with E-state index < -0.39 is 0 Å². The van der Waals surface area contributed by atoms with E-state index in [1.807, 2.05) is 12.4 Å². The molecule has 0 aromatic carbocycles. The van der Waals surface area contributed by atoms with Gasteiger partial charge in [0.2, 0.25) is 0 Å². The van der Waals surface area contributed by atoms with Crippen LogP contribution >= 0.6 is 0 Å². The van der Waals surface area contributed by atoms with Crippen molar-refractivity contribution < 1.29 is 0 Å². The lowest BCUT2D eigenvalue weighted by Crippen LogP contribution is -2.31. The number of nitrogens with one attached hydrogen (secondary N) is 1. The molecule has 4 nitrogen and oxygen atoms in total. The van der Waals surface area contributed by atoms with Gasteiger partial charge in [-0.05, 0) is 26.3 Å². The molecule has 0 aliphatic rings. The summed E-state index contributed by atoms with van der Waals surface area (Å²) in [5, 5.41) is 12.0. The number of hydrogen-bond acceptors (Lipinski definition) is 4. The maximum atomic E-state index is 8.71. The number of rotatable bonds is 7. The molecule has 0 radical (unpaired) electrons. The summed E-state index contributed by atoms with van der Waals surface area (Å²) >= 11 is 0. The Balaban J connectivity index is 2.81. The lowest BCUT2D eigenvalue weighted by atomic mass is 10.2. The summed E-state index contributed by atoms with van der Waals surface area (Å²) in [6, 6.07) is 4.65. The third-order valence-electron chi connectivity index (χ3n) is 2.72. The van der Waals surface area contributed by atoms with E-state index in [0.29, 0.717) is 12.5 Å². The van der Waals surface area contributed by atoms with Crippen LogP contribution in [-0.2, 0) is 0 Å². The Labute approximate surface area is 110 Å². The highest BCUT2D eigenvalue weighted by Gasteiger charge is 2.10. The van der Waals surface area contributed by atoms with Crippen LogP contribution in [0.5, 0.6) is 0 Å². The zero-order valence-electron chi connectivity index (χ0n) is 11.5. The van der Waals surface area contributed by atoms with Gasteiger partial charge >= 0.3 is 0 Å². The maximum Gasteiger partial charge on any atom is 0.0640 e. The number of hydrogen-bond donors (Lipinski definition) is 1. The predicted octanol–water partition coefficient (Wildman–Crippen LogP) is 3.03. The van der Waals surface area contributed by atoms with Crippen LogP contribution in [0.1, 0.15) is 33.6 Å². The third kappa shape index (κ3) is 4.25. The second-order valence-electron chi connectivity index (χ2n) is 4.55. The number of nitrogens with zero attached hydrogens (tertiary/aromatic N) is 3. The summed E-state index contributed by atoms with van der Waals surface area (Å²) in [7, 11) is 0. The van der Waals surface area contributed by atoms with Gasteiger partial charge < -0.3 is 10.2 Å². The average molecular weight is 246 g/mol. The number of aromatic nitrogens is 1. The molecular weight excluding hydrogens is 224 g/mol. The lowest BCUT2D eigenvalue weighted by molar-refractivity contribution is 0.685. The van der Waals surface area contributed by atoms with Crippen molar-refractivity contribution in [3.8, 4) is 6.07 Å². The monoisotopic (exact) mass is 246 g/mol. The van der Waals surface area contributed by atoms with Gasteiger partial charge in [0.1, 0.15) is 0 Å². The molecule has 0 unspecified atom stereocenters. The summed E-state index contributed by atoms with van der Waals surface area (Å²) in [5.74, 6) is 0. The zero-order valence-corrected chi connectivity index (χ0v) is 11.5. The molecule has 1 aromatic rings. The van der Waals surface area contributed by atoms with Crippen LogP contribution in [0, 0.1) is 11.3 Å². The minimum absolute atomic E-state index is 0.363. The smallest absolute Gasteiger partial charge is 0.0640 e. The van der Waals surface area contributed by atoms with Crippen LogP contribution in [0.2, 0.25) is 0 Å². The largest absolute Gasteiger partial charge is 0.384 e. The van der Waals surface area contributed by atoms with Gasteiger partial charge in [-0.15, -0.1) is 0 Å². The first kappa shape index (κ1) is 14.3. The van der Waals surface area contributed by atoms with Gasteiger partial charge in [-0.3, -0.25) is 4.98 Å². The molecule has 4 heteroatoms. The van der Waals surface area contributed by atoms with Crippen molar-refractivity contribution in [3.63, 3.8) is 0 Å². The topological polar surface area (TPSA) is 52.0 Å². The summed E-state index contributed by atoms with van der Waals surface area (Å²) in [6.45, 7) is 8.09. The van der Waals surface area contributed by atoms with E-state index >= 15 is 0 Å². The van der Waals surface area contributed by atoms with Crippen LogP contribution < -0.4 is 10.2 Å². The SMILES string of the molecule is CCCNc1cncc(N(CCC#N)C(C)C)c1. The second-order valence-corrected chi connectivity index (χ2v) is 4.55. The molecule has 1 aromatic heterocycles. The normalized spacial score (nSPS) is 10.2. The van der Waals surface area contributed by atoms with Crippen molar-refractivity contribution in [2.75, 3.05) is 23.3 Å². The highest BCUT2D eigenvalue weighted by molar-refractivity contribution is 5.56. The van der Waals surface area contributed by atoms with Crippen LogP contribution in [0.25, 0.3) is 0 Å². The van der Waals surface area contributed by atoms with Crippen molar-refractivity contribution in [2.45, 2.75) is 39.7 Å². The Morgan fingerprint density at radius 2 is 2.22 bits per heavy atom. The molecule has 98 valence electrons. The van der Waals surface area contributed by atoms with Crippen molar-refractivity contribution in [1.82, 2.24) is 4.98 Å². The summed E-state index contributed by atoms with van der Waals surface area (Å²) in [5.41, 5.74) is 2.11. The van der Waals surface area contributed by atoms with Gasteiger partial charge in [0.15, 0.2) is 0 Å². The maximum absolute atomic E-state index is 8.71. The van der Waals surface area contributed by atoms with Crippen molar-refractivity contribution >= 4 is 11.4 Å². The van der Waals surface area contributed by atoms with Gasteiger partial charge in [0, 0.05) is 19.1 Å². The zero-order chi connectivity index (χ0) is 13.4. The first-order valence-electron chi connectivity index (χ1n) is 6.51. The minimum Gasteiger partial charge on any atom is -0.384 e. The van der Waals surface area contributed by atoms with Crippen molar-refractivity contribution in [3.05, 3.63) is 18.5 Å². The first-order valence-corrected chi connectivity index (χ1v) is 6.51. The molecule has 1 N–H and O–H groups in total. The van der Waals surface area contributed by atoms with Gasteiger partial charge in [-0.1, -0.05) is 6.92 Å². The number of anilines is 2. The third-order valence-corrected chi connectivity index (χ3v) is 2.72. The summed E-state index contributed by atoms with van der Waals surface area (Å²) < 4.78 is 0. The lowest BCUT2D eigenvalue weighted by Gasteiger charge is -2.28. The highest BCUT2D eigenvalue weighted by atomic mass is 15.2. The Kier molecular flexibility index (Phi) is 5.99. The van der Waals surface area contributed by atoms with Crippen molar-refractivity contribution in [2.24, 2.45) is 0 Å². The molecule has 0 bridgehead atoms. The number of nitriles is 1. The Morgan fingerprint density at radius 1 is 1.44 bits per heavy atom. The first-order chi connectivity index (χ1) is 8.69. The van der Waals surface area contributed by atoms with E-state index in [2.05, 4.69) is 48.1 Å². The van der Waals surface area contributed by atoms with E-state index in [1.54, 1.807) is 0 Å². The van der Waals surface area contributed by atoms with E-state index in [-0.39, 0.29) is 0 Å². The molecule has 0 aliphatic carbocycles. The fourth-order valence-corrected chi connectivity index (χ4v) is 1.81. The Hall–Kier alpha value is -1.76. The molecule has 0 saturated carbocycles. The van der Waals surface area contributed by atoms with Crippen LogP contribution in [-0.4, -0.2) is 24.1 Å². The standard InChI is InChI=1S/C14H22N4/c1-4-7-17-13-9-14(11-16-10-13)18(12(2)3)8-5-6-15/h9-12,17H,4-5,7-8H2,1-3H3. The van der Waals surface area contributed by atoms with E-state index in [4.69, 9.17) is 5.26 Å². The molecule has 0 aliphatic heterocycles. The Morgan fingerprint density at radius 3 is 2.83 bits per heavy atom. The van der Waals surface area contributed by atoms with E-state index in [9.17, 15) is 0 Å². The Bertz CT molecular complexity index is 395. The quantitative estimate of drug-likeness (QED) is 0.803. The molecule has 0 saturated heterocycles. The highest BCUT2D eigenvalue weighted by Crippen LogP contribution is 2.20. The van der Waals surface area contributed by atoms with Crippen molar-refractivity contribution in [1.29, 1.82) is 5.26 Å². The molecule has 1 heterocycles. The van der Waals surface area contributed by atoms with Gasteiger partial charge in [0.25, 0.3) is 0 Å². The fraction of sp³-hybridized carbons (Fsp3) is 0.571.